The van der Waals surface area contributed by atoms with Crippen molar-refractivity contribution in [2.45, 2.75) is 18.6 Å². The molecule has 1 heterocycles. The van der Waals surface area contributed by atoms with Crippen molar-refractivity contribution in [1.29, 1.82) is 0 Å². The number of nitrogens with zero attached hydrogens (tertiary/aromatic N) is 5. The molecule has 1 aromatic rings. The fraction of sp³-hybridized carbons (Fsp3) is 0.500. The van der Waals surface area contributed by atoms with Crippen molar-refractivity contribution in [3.63, 3.8) is 0 Å². The zero-order chi connectivity index (χ0) is 19.6. The van der Waals surface area contributed by atoms with E-state index >= 15 is 0 Å². The number of benzene rings is 1. The van der Waals surface area contributed by atoms with Gasteiger partial charge in [0.2, 0.25) is 0 Å². The fourth-order valence-electron chi connectivity index (χ4n) is 2.43. The molecule has 0 amide bonds. The first-order chi connectivity index (χ1) is 12.1. The molecule has 1 saturated heterocycles. The molecule has 1 aromatic carbocycles. The summed E-state index contributed by atoms with van der Waals surface area (Å²) >= 11 is 13.0. The molecule has 2 unspecified atom stereocenters. The third kappa shape index (κ3) is 5.03. The van der Waals surface area contributed by atoms with Crippen LogP contribution in [0.4, 0.5) is 17.1 Å². The third-order valence-electron chi connectivity index (χ3n) is 4.01. The van der Waals surface area contributed by atoms with Crippen LogP contribution in [0.1, 0.15) is 6.92 Å². The molecule has 10 heteroatoms. The van der Waals surface area contributed by atoms with Gasteiger partial charge in [-0.15, -0.1) is 0 Å². The second-order valence-corrected chi connectivity index (χ2v) is 8.15. The van der Waals surface area contributed by atoms with Crippen molar-refractivity contribution in [2.75, 3.05) is 45.5 Å². The summed E-state index contributed by atoms with van der Waals surface area (Å²) in [5.41, 5.74) is 5.89. The van der Waals surface area contributed by atoms with Crippen LogP contribution in [-0.4, -0.2) is 87.6 Å². The van der Waals surface area contributed by atoms with E-state index < -0.39 is 0 Å². The molecule has 0 aromatic heterocycles. The van der Waals surface area contributed by atoms with Crippen LogP contribution in [0.3, 0.4) is 0 Å². The van der Waals surface area contributed by atoms with Gasteiger partial charge in [-0.3, -0.25) is 0 Å². The fourth-order valence-corrected chi connectivity index (χ4v) is 3.27. The van der Waals surface area contributed by atoms with Gasteiger partial charge in [0.05, 0.1) is 0 Å². The number of hydrogen-bond donors (Lipinski definition) is 3. The van der Waals surface area contributed by atoms with E-state index in [-0.39, 0.29) is 11.7 Å². The van der Waals surface area contributed by atoms with Crippen LogP contribution in [0.15, 0.2) is 23.2 Å². The Hall–Kier alpha value is -1.03. The molecule has 0 saturated carbocycles. The molecule has 1 aliphatic heterocycles. The minimum absolute atomic E-state index is 0.121. The Morgan fingerprint density at radius 3 is 2.42 bits per heavy atom. The zero-order valence-electron chi connectivity index (χ0n) is 15.9. The first-order valence-corrected chi connectivity index (χ1v) is 9.90. The first kappa shape index (κ1) is 21.3. The summed E-state index contributed by atoms with van der Waals surface area (Å²) in [6.07, 6.45) is 0.145. The monoisotopic (exact) mass is 460 g/mol. The van der Waals surface area contributed by atoms with Gasteiger partial charge >= 0.3 is 175 Å². The topological polar surface area (TPSA) is 49.4 Å². The quantitative estimate of drug-likeness (QED) is 0.208. The predicted octanol–water partition coefficient (Wildman–Crippen LogP) is 1.48. The number of thiocarbonyl (C=S) groups is 1. The predicted molar refractivity (Wildman–Crippen MR) is 118 cm³/mol. The van der Waals surface area contributed by atoms with E-state index in [1.165, 1.54) is 0 Å². The Bertz CT molecular complexity index is 695. The number of hydrogen-bond acceptors (Lipinski definition) is 6. The molecule has 0 spiro atoms. The van der Waals surface area contributed by atoms with Crippen LogP contribution in [0.25, 0.3) is 0 Å². The van der Waals surface area contributed by atoms with Gasteiger partial charge in [-0.05, 0) is 0 Å². The Kier molecular flexibility index (Phi) is 7.18. The second-order valence-electron chi connectivity index (χ2n) is 6.50. The van der Waals surface area contributed by atoms with Crippen LogP contribution in [0, 0.1) is 0 Å². The number of thiol groups is 1. The van der Waals surface area contributed by atoms with Crippen molar-refractivity contribution in [3.05, 3.63) is 18.2 Å². The van der Waals surface area contributed by atoms with Crippen LogP contribution in [-0.2, 0) is 0 Å². The number of amidine groups is 1. The van der Waals surface area contributed by atoms with Crippen LogP contribution >= 0.6 is 24.8 Å². The molecule has 2 rings (SSSR count). The summed E-state index contributed by atoms with van der Waals surface area (Å²) in [5.74, 6) is 0. The van der Waals surface area contributed by atoms with Gasteiger partial charge in [-0.1, -0.05) is 0 Å². The van der Waals surface area contributed by atoms with Crippen molar-refractivity contribution in [1.82, 2.24) is 20.2 Å². The van der Waals surface area contributed by atoms with E-state index in [1.807, 2.05) is 62.2 Å². The molecule has 26 heavy (non-hydrogen) atoms. The number of aliphatic imine (C=N–C) groups is 1. The Balaban J connectivity index is 2.46. The third-order valence-corrected chi connectivity index (χ3v) is 5.80. The average Bonchev–Trinajstić information content (AvgIpc) is 2.79. The standard InChI is InChI=1S/C16H26N7S2Se/c1-10-22(6)19-15(25)23(10)13-8-11(17-14(24)20(2)3)7-12(9-13)18-16(26)21(4)5/h7-10,15,19,25H,1-6H3,(H,17,24). The molecule has 0 aliphatic carbocycles. The number of hydrazine groups is 1. The van der Waals surface area contributed by atoms with Crippen LogP contribution < -0.4 is 15.6 Å². The number of nitrogens with one attached hydrogen (secondary N) is 2. The Morgan fingerprint density at radius 1 is 1.27 bits per heavy atom. The molecule has 7 nitrogen and oxygen atoms in total. The van der Waals surface area contributed by atoms with Gasteiger partial charge in [0.1, 0.15) is 0 Å². The molecular weight excluding hydrogens is 433 g/mol. The van der Waals surface area contributed by atoms with Gasteiger partial charge in [0.25, 0.3) is 0 Å². The summed E-state index contributed by atoms with van der Waals surface area (Å²) in [6.45, 7) is 2.12. The van der Waals surface area contributed by atoms with Gasteiger partial charge in [-0.2, -0.15) is 0 Å². The molecule has 1 fully saturated rings. The summed E-state index contributed by atoms with van der Waals surface area (Å²) < 4.78 is 0.801. The van der Waals surface area contributed by atoms with E-state index in [0.717, 1.165) is 21.8 Å². The Morgan fingerprint density at radius 2 is 1.92 bits per heavy atom. The second kappa shape index (κ2) is 8.77. The molecule has 1 aliphatic rings. The van der Waals surface area contributed by atoms with Crippen molar-refractivity contribution >= 4 is 67.8 Å². The number of anilines is 2. The molecule has 143 valence electrons. The molecular formula is C16H26N7S2Se. The molecule has 2 N–H and O–H groups in total. The SMILES string of the molecule is CC1N(C)NC(S)N1c1cc(N=C([Se])N(C)C)cc(NC(=S)N(C)C)c1. The Labute approximate surface area is 175 Å². The van der Waals surface area contributed by atoms with Crippen molar-refractivity contribution in [2.24, 2.45) is 4.99 Å². The van der Waals surface area contributed by atoms with Crippen molar-refractivity contribution in [3.8, 4) is 0 Å². The first-order valence-electron chi connectivity index (χ1n) is 8.12. The average molecular weight is 460 g/mol. The van der Waals surface area contributed by atoms with Gasteiger partial charge in [-0.25, -0.2) is 0 Å². The maximum atomic E-state index is 5.39. The van der Waals surface area contributed by atoms with Crippen LogP contribution in [0.2, 0.25) is 0 Å². The van der Waals surface area contributed by atoms with E-state index in [1.54, 1.807) is 0 Å². The summed E-state index contributed by atoms with van der Waals surface area (Å²) in [6, 6.07) is 6.08. The minimum atomic E-state index is -0.121. The van der Waals surface area contributed by atoms with Crippen molar-refractivity contribution < 1.29 is 0 Å². The molecule has 1 radical (unpaired) electrons. The van der Waals surface area contributed by atoms with Gasteiger partial charge in [0.15, 0.2) is 0 Å². The molecule has 2 atom stereocenters. The normalized spacial score (nSPS) is 21.0. The summed E-state index contributed by atoms with van der Waals surface area (Å²) in [4.78, 5) is 10.6. The number of rotatable bonds is 3. The summed E-state index contributed by atoms with van der Waals surface area (Å²) in [5, 5.41) is 5.94. The molecule has 0 bridgehead atoms. The van der Waals surface area contributed by atoms with E-state index in [2.05, 4.69) is 62.3 Å². The maximum absolute atomic E-state index is 5.39. The van der Waals surface area contributed by atoms with E-state index in [4.69, 9.17) is 12.2 Å². The van der Waals surface area contributed by atoms with E-state index in [0.29, 0.717) is 5.11 Å². The zero-order valence-corrected chi connectivity index (χ0v) is 19.3. The summed E-state index contributed by atoms with van der Waals surface area (Å²) in [7, 11) is 9.72. The van der Waals surface area contributed by atoms with E-state index in [9.17, 15) is 0 Å². The van der Waals surface area contributed by atoms with Crippen LogP contribution in [0.5, 0.6) is 0 Å². The van der Waals surface area contributed by atoms with Gasteiger partial charge in [0, 0.05) is 0 Å². The van der Waals surface area contributed by atoms with Gasteiger partial charge < -0.3 is 0 Å².